The highest BCUT2D eigenvalue weighted by Crippen LogP contribution is 2.27. The summed E-state index contributed by atoms with van der Waals surface area (Å²) in [6.45, 7) is 5.55. The predicted octanol–water partition coefficient (Wildman–Crippen LogP) is 5.47. The van der Waals surface area contributed by atoms with Gasteiger partial charge in [-0.15, -0.1) is 0 Å². The van der Waals surface area contributed by atoms with Gasteiger partial charge in [-0.3, -0.25) is 19.2 Å². The summed E-state index contributed by atoms with van der Waals surface area (Å²) in [5.74, 6) is 10.3. The molecule has 0 saturated carbocycles. The third-order valence-electron chi connectivity index (χ3n) is 10.0. The van der Waals surface area contributed by atoms with E-state index in [1.165, 1.54) is 0 Å². The van der Waals surface area contributed by atoms with Crippen molar-refractivity contribution < 1.29 is 33.4 Å². The molecule has 3 heterocycles. The molecule has 314 valence electrons. The van der Waals surface area contributed by atoms with E-state index in [1.54, 1.807) is 31.4 Å². The lowest BCUT2D eigenvalue weighted by Crippen LogP contribution is -2.45. The number of thioether (sulfide) groups is 1. The minimum absolute atomic E-state index is 0.0384. The molecular weight excluding hydrogens is 795 g/mol. The van der Waals surface area contributed by atoms with Crippen molar-refractivity contribution in [2.24, 2.45) is 0 Å². The Morgan fingerprint density at radius 1 is 0.672 bits per heavy atom. The van der Waals surface area contributed by atoms with Gasteiger partial charge in [0, 0.05) is 99.9 Å². The van der Waals surface area contributed by atoms with Gasteiger partial charge in [-0.25, -0.2) is 4.79 Å². The maximum absolute atomic E-state index is 13.4. The average molecular weight is 852 g/mol. The lowest BCUT2D eigenvalue weighted by Gasteiger charge is -2.26. The van der Waals surface area contributed by atoms with Gasteiger partial charge in [0.05, 0.1) is 45.1 Å². The van der Waals surface area contributed by atoms with Crippen molar-refractivity contribution in [1.29, 1.82) is 0 Å². The normalized spacial score (nSPS) is 15.3. The first kappa shape index (κ1) is 45.4. The summed E-state index contributed by atoms with van der Waals surface area (Å²) in [6.07, 6.45) is 3.38. The number of anilines is 1. The molecule has 0 radical (unpaired) electrons. The maximum Gasteiger partial charge on any atom is 0.317 e. The number of amides is 5. The van der Waals surface area contributed by atoms with E-state index < -0.39 is 0 Å². The summed E-state index contributed by atoms with van der Waals surface area (Å²) in [4.78, 5) is 72.2. The van der Waals surface area contributed by atoms with Crippen molar-refractivity contribution in [3.8, 4) is 11.8 Å². The molecule has 15 heteroatoms. The summed E-state index contributed by atoms with van der Waals surface area (Å²) in [6, 6.07) is 15.4. The Bertz CT molecular complexity index is 1680. The van der Waals surface area contributed by atoms with E-state index >= 15 is 0 Å². The van der Waals surface area contributed by atoms with Crippen molar-refractivity contribution in [1.82, 2.24) is 20.0 Å². The standard InChI is InChI=1S/C43H57N5O7S3/c49-38(11-5-13-42(52)48-34-37-10-2-1-8-35(37)15-16-36-9-3-4-12-39(36)48)17-26-54-28-29-55-27-18-41(51)45(20-6-14-40(50)46-21-7-30-56-31-23-46)22-19-44-43(53)47-24-32-57-58-33-25-47/h1-4,8-10,12H,5-7,11,13-14,17-34H2,(H,44,53). The van der Waals surface area contributed by atoms with Crippen LogP contribution in [0.4, 0.5) is 10.5 Å². The summed E-state index contributed by atoms with van der Waals surface area (Å²) < 4.78 is 11.3. The number of rotatable bonds is 20. The van der Waals surface area contributed by atoms with E-state index in [-0.39, 0.29) is 68.6 Å². The van der Waals surface area contributed by atoms with Crippen molar-refractivity contribution in [2.45, 2.75) is 57.9 Å². The van der Waals surface area contributed by atoms with Gasteiger partial charge in [-0.1, -0.05) is 63.8 Å². The Labute approximate surface area is 355 Å². The third-order valence-corrected chi connectivity index (χ3v) is 13.5. The molecule has 0 aliphatic carbocycles. The molecule has 0 atom stereocenters. The lowest BCUT2D eigenvalue weighted by molar-refractivity contribution is -0.134. The molecule has 3 aliphatic heterocycles. The quantitative estimate of drug-likeness (QED) is 0.104. The number of fused-ring (bicyclic) bond motifs is 2. The van der Waals surface area contributed by atoms with Crippen molar-refractivity contribution in [3.05, 3.63) is 65.2 Å². The van der Waals surface area contributed by atoms with Crippen molar-refractivity contribution in [2.75, 3.05) is 100 Å². The molecule has 0 bridgehead atoms. The second-order valence-corrected chi connectivity index (χ2v) is 18.1. The number of nitrogens with zero attached hydrogens (tertiary/aromatic N) is 4. The molecule has 0 spiro atoms. The highest BCUT2D eigenvalue weighted by atomic mass is 33.1. The number of benzene rings is 2. The second kappa shape index (κ2) is 25.7. The number of hydrogen-bond acceptors (Lipinski definition) is 10. The fourth-order valence-corrected chi connectivity index (χ4v) is 9.67. The average Bonchev–Trinajstić information content (AvgIpc) is 3.69. The second-order valence-electron chi connectivity index (χ2n) is 14.2. The van der Waals surface area contributed by atoms with Crippen LogP contribution in [-0.4, -0.2) is 139 Å². The molecule has 2 fully saturated rings. The zero-order valence-electron chi connectivity index (χ0n) is 33.5. The lowest BCUT2D eigenvalue weighted by atomic mass is 10.0. The number of carbonyl (C=O) groups excluding carboxylic acids is 5. The van der Waals surface area contributed by atoms with Crippen LogP contribution in [0.3, 0.4) is 0 Å². The van der Waals surface area contributed by atoms with Crippen molar-refractivity contribution in [3.63, 3.8) is 0 Å². The first-order chi connectivity index (χ1) is 28.4. The van der Waals surface area contributed by atoms with Gasteiger partial charge in [0.1, 0.15) is 5.78 Å². The van der Waals surface area contributed by atoms with Crippen LogP contribution >= 0.6 is 33.3 Å². The first-order valence-corrected chi connectivity index (χ1v) is 24.1. The number of para-hydroxylation sites is 1. The molecule has 2 aromatic carbocycles. The number of carbonyl (C=O) groups is 5. The minimum Gasteiger partial charge on any atom is -0.379 e. The van der Waals surface area contributed by atoms with Gasteiger partial charge in [0.25, 0.3) is 0 Å². The Hall–Kier alpha value is -3.68. The van der Waals surface area contributed by atoms with Crippen LogP contribution in [-0.2, 0) is 35.2 Å². The molecule has 5 amide bonds. The molecule has 0 unspecified atom stereocenters. The largest absolute Gasteiger partial charge is 0.379 e. The number of Topliss-reactive ketones (excluding diaryl/α,β-unsaturated/α-hetero) is 1. The van der Waals surface area contributed by atoms with Crippen LogP contribution in [0.1, 0.15) is 68.1 Å². The van der Waals surface area contributed by atoms with E-state index in [0.717, 1.165) is 64.9 Å². The molecule has 58 heavy (non-hydrogen) atoms. The first-order valence-electron chi connectivity index (χ1n) is 20.5. The Kier molecular flexibility index (Phi) is 20.1. The number of urea groups is 1. The highest BCUT2D eigenvalue weighted by molar-refractivity contribution is 8.76. The summed E-state index contributed by atoms with van der Waals surface area (Å²) in [5, 5.41) is 2.97. The highest BCUT2D eigenvalue weighted by Gasteiger charge is 2.22. The molecule has 2 aromatic rings. The van der Waals surface area contributed by atoms with Crippen LogP contribution in [0.15, 0.2) is 48.5 Å². The Balaban J connectivity index is 0.957. The molecule has 5 rings (SSSR count). The van der Waals surface area contributed by atoms with Crippen LogP contribution in [0.2, 0.25) is 0 Å². The summed E-state index contributed by atoms with van der Waals surface area (Å²) >= 11 is 1.88. The number of ether oxygens (including phenoxy) is 2. The zero-order valence-corrected chi connectivity index (χ0v) is 35.9. The predicted molar refractivity (Wildman–Crippen MR) is 234 cm³/mol. The molecule has 1 N–H and O–H groups in total. The summed E-state index contributed by atoms with van der Waals surface area (Å²) in [5.41, 5.74) is 3.49. The van der Waals surface area contributed by atoms with E-state index in [2.05, 4.69) is 17.2 Å². The molecule has 2 saturated heterocycles. The monoisotopic (exact) mass is 851 g/mol. The van der Waals surface area contributed by atoms with E-state index in [9.17, 15) is 24.0 Å². The number of hydrogen-bond donors (Lipinski definition) is 1. The van der Waals surface area contributed by atoms with Crippen LogP contribution in [0, 0.1) is 11.8 Å². The molecular formula is C43H57N5O7S3. The topological polar surface area (TPSA) is 129 Å². The van der Waals surface area contributed by atoms with Gasteiger partial charge < -0.3 is 34.4 Å². The van der Waals surface area contributed by atoms with Gasteiger partial charge in [-0.05, 0) is 48.8 Å². The van der Waals surface area contributed by atoms with Crippen LogP contribution < -0.4 is 10.2 Å². The fraction of sp³-hybridized carbons (Fsp3) is 0.558. The number of nitrogens with one attached hydrogen (secondary N) is 1. The minimum atomic E-state index is -0.113. The van der Waals surface area contributed by atoms with Crippen molar-refractivity contribution >= 4 is 68.6 Å². The third kappa shape index (κ3) is 15.5. The SMILES string of the molecule is O=C(CCCC(=O)N1Cc2ccccc2C#Cc2ccccc21)CCOCCOCCC(=O)N(CCCC(=O)N1CCCSCC1)CCNC(=O)N1CCSSCC1. The summed E-state index contributed by atoms with van der Waals surface area (Å²) in [7, 11) is 3.55. The molecule has 3 aliphatic rings. The van der Waals surface area contributed by atoms with Gasteiger partial charge in [-0.2, -0.15) is 11.8 Å². The van der Waals surface area contributed by atoms with Crippen LogP contribution in [0.5, 0.6) is 0 Å². The zero-order chi connectivity index (χ0) is 40.8. The smallest absolute Gasteiger partial charge is 0.317 e. The number of ketones is 1. The van der Waals surface area contributed by atoms with Gasteiger partial charge in [0.15, 0.2) is 0 Å². The molecule has 0 aromatic heterocycles. The van der Waals surface area contributed by atoms with Crippen LogP contribution in [0.25, 0.3) is 0 Å². The van der Waals surface area contributed by atoms with E-state index in [1.807, 2.05) is 70.1 Å². The Morgan fingerprint density at radius 3 is 2.17 bits per heavy atom. The Morgan fingerprint density at radius 2 is 1.36 bits per heavy atom. The van der Waals surface area contributed by atoms with E-state index in [0.29, 0.717) is 71.6 Å². The van der Waals surface area contributed by atoms with Gasteiger partial charge >= 0.3 is 6.03 Å². The fourth-order valence-electron chi connectivity index (χ4n) is 6.80. The van der Waals surface area contributed by atoms with Gasteiger partial charge in [0.2, 0.25) is 17.7 Å². The molecule has 12 nitrogen and oxygen atoms in total. The maximum atomic E-state index is 13.4. The van der Waals surface area contributed by atoms with E-state index in [4.69, 9.17) is 9.47 Å².